The number of thioether (sulfide) groups is 1. The number of nitrogens with zero attached hydrogens (tertiary/aromatic N) is 2. The van der Waals surface area contributed by atoms with Gasteiger partial charge in [0.2, 0.25) is 5.78 Å². The Bertz CT molecular complexity index is 1070. The lowest BCUT2D eigenvalue weighted by atomic mass is 10.0. The molecule has 33 heavy (non-hydrogen) atoms. The van der Waals surface area contributed by atoms with Gasteiger partial charge in [-0.2, -0.15) is 5.10 Å². The summed E-state index contributed by atoms with van der Waals surface area (Å²) in [5.41, 5.74) is 3.23. The van der Waals surface area contributed by atoms with Gasteiger partial charge in [-0.05, 0) is 48.7 Å². The molecule has 0 aromatic heterocycles. The fourth-order valence-corrected chi connectivity index (χ4v) is 4.30. The van der Waals surface area contributed by atoms with Crippen LogP contribution in [0.2, 0.25) is 0 Å². The van der Waals surface area contributed by atoms with Crippen LogP contribution >= 0.6 is 11.8 Å². The number of methoxy groups -OCH3 is 2. The van der Waals surface area contributed by atoms with Crippen molar-refractivity contribution in [3.8, 4) is 11.5 Å². The van der Waals surface area contributed by atoms with Gasteiger partial charge in [0, 0.05) is 24.7 Å². The summed E-state index contributed by atoms with van der Waals surface area (Å²) >= 11 is 1.27. The molecule has 2 aromatic carbocycles. The van der Waals surface area contributed by atoms with Crippen LogP contribution in [0.1, 0.15) is 31.4 Å². The highest BCUT2D eigenvalue weighted by Crippen LogP contribution is 2.33. The Hall–Kier alpha value is -3.33. The zero-order valence-corrected chi connectivity index (χ0v) is 19.9. The first kappa shape index (κ1) is 24.3. The van der Waals surface area contributed by atoms with E-state index in [1.165, 1.54) is 23.7 Å². The van der Waals surface area contributed by atoms with E-state index < -0.39 is 11.7 Å². The average molecular weight is 470 g/mol. The topological polar surface area (TPSA) is 97.3 Å². The van der Waals surface area contributed by atoms with Crippen LogP contribution in [0.3, 0.4) is 0 Å². The first-order valence-corrected chi connectivity index (χ1v) is 11.4. The largest absolute Gasteiger partial charge is 0.493 e. The number of nitrogens with one attached hydrogen (secondary N) is 1. The summed E-state index contributed by atoms with van der Waals surface area (Å²) in [6.45, 7) is 3.67. The summed E-state index contributed by atoms with van der Waals surface area (Å²) in [6, 6.07) is 12.8. The summed E-state index contributed by atoms with van der Waals surface area (Å²) in [6.07, 6.45) is 1.36. The molecule has 2 aromatic rings. The molecule has 0 radical (unpaired) electrons. The van der Waals surface area contributed by atoms with Crippen LogP contribution in [-0.4, -0.2) is 53.7 Å². The van der Waals surface area contributed by atoms with E-state index >= 15 is 0 Å². The average Bonchev–Trinajstić information content (AvgIpc) is 2.83. The number of hydrazone groups is 1. The Morgan fingerprint density at radius 3 is 2.39 bits per heavy atom. The number of carbonyl (C=O) groups excluding carboxylic acids is 3. The molecule has 174 valence electrons. The molecule has 0 aliphatic carbocycles. The van der Waals surface area contributed by atoms with Gasteiger partial charge in [-0.3, -0.25) is 14.4 Å². The Kier molecular flexibility index (Phi) is 8.11. The molecule has 2 amide bonds. The molecule has 3 rings (SSSR count). The van der Waals surface area contributed by atoms with Crippen molar-refractivity contribution in [2.24, 2.45) is 5.10 Å². The van der Waals surface area contributed by atoms with Gasteiger partial charge in [0.15, 0.2) is 11.5 Å². The minimum atomic E-state index is -0.652. The maximum absolute atomic E-state index is 12.7. The number of anilines is 1. The van der Waals surface area contributed by atoms with Crippen LogP contribution in [0.15, 0.2) is 47.6 Å². The standard InChI is InChI=1S/C24H27N3O5S/c1-5-21-22(17-8-11-19(31-3)20(14-17)32-4)26-27(24(30)33-21)13-12-16-6-9-18(10-7-16)25-23(29)15(2)28/h6-11,14,21H,5,12-13H2,1-4H3,(H,25,29). The normalized spacial score (nSPS) is 15.6. The first-order valence-electron chi connectivity index (χ1n) is 10.6. The highest BCUT2D eigenvalue weighted by molar-refractivity contribution is 8.14. The number of carbonyl (C=O) groups is 3. The van der Waals surface area contributed by atoms with E-state index in [1.54, 1.807) is 26.4 Å². The van der Waals surface area contributed by atoms with Crippen LogP contribution in [0.25, 0.3) is 0 Å². The fourth-order valence-electron chi connectivity index (χ4n) is 3.34. The zero-order valence-electron chi connectivity index (χ0n) is 19.1. The molecule has 1 heterocycles. The minimum Gasteiger partial charge on any atom is -0.493 e. The van der Waals surface area contributed by atoms with Crippen molar-refractivity contribution in [3.63, 3.8) is 0 Å². The molecule has 1 aliphatic heterocycles. The third-order valence-corrected chi connectivity index (χ3v) is 6.43. The molecule has 1 N–H and O–H groups in total. The van der Waals surface area contributed by atoms with Gasteiger partial charge >= 0.3 is 5.24 Å². The van der Waals surface area contributed by atoms with Gasteiger partial charge in [0.25, 0.3) is 5.91 Å². The summed E-state index contributed by atoms with van der Waals surface area (Å²) in [7, 11) is 3.17. The van der Waals surface area contributed by atoms with Crippen molar-refractivity contribution >= 4 is 40.1 Å². The van der Waals surface area contributed by atoms with Crippen molar-refractivity contribution in [1.82, 2.24) is 5.01 Å². The molecule has 0 saturated carbocycles. The lowest BCUT2D eigenvalue weighted by Gasteiger charge is -2.28. The van der Waals surface area contributed by atoms with Crippen molar-refractivity contribution in [2.75, 3.05) is 26.1 Å². The summed E-state index contributed by atoms with van der Waals surface area (Å²) in [4.78, 5) is 35.3. The Balaban J connectivity index is 1.75. The second kappa shape index (κ2) is 11.0. The van der Waals surface area contributed by atoms with Gasteiger partial charge < -0.3 is 14.8 Å². The number of amides is 2. The maximum Gasteiger partial charge on any atom is 0.302 e. The Morgan fingerprint density at radius 2 is 1.79 bits per heavy atom. The second-order valence-corrected chi connectivity index (χ2v) is 8.57. The van der Waals surface area contributed by atoms with Crippen molar-refractivity contribution < 1.29 is 23.9 Å². The van der Waals surface area contributed by atoms with E-state index in [0.717, 1.165) is 23.3 Å². The highest BCUT2D eigenvalue weighted by Gasteiger charge is 2.30. The van der Waals surface area contributed by atoms with Crippen LogP contribution in [0, 0.1) is 0 Å². The number of rotatable bonds is 9. The predicted molar refractivity (Wildman–Crippen MR) is 129 cm³/mol. The van der Waals surface area contributed by atoms with E-state index in [9.17, 15) is 14.4 Å². The SMILES string of the molecule is CCC1SC(=O)N(CCc2ccc(NC(=O)C(C)=O)cc2)N=C1c1ccc(OC)c(OC)c1. The smallest absolute Gasteiger partial charge is 0.302 e. The van der Waals surface area contributed by atoms with Crippen molar-refractivity contribution in [2.45, 2.75) is 31.9 Å². The molecule has 1 aliphatic rings. The molecular formula is C24H27N3O5S. The van der Waals surface area contributed by atoms with Crippen LogP contribution in [-0.2, 0) is 16.0 Å². The monoisotopic (exact) mass is 469 g/mol. The molecule has 1 atom stereocenters. The summed E-state index contributed by atoms with van der Waals surface area (Å²) in [5.74, 6) is 0.0436. The van der Waals surface area contributed by atoms with Crippen LogP contribution in [0.5, 0.6) is 11.5 Å². The van der Waals surface area contributed by atoms with E-state index in [-0.39, 0.29) is 10.5 Å². The van der Waals surface area contributed by atoms with Gasteiger partial charge in [-0.1, -0.05) is 30.8 Å². The Labute approximate surface area is 197 Å². The number of ketones is 1. The first-order chi connectivity index (χ1) is 15.9. The molecule has 1 unspecified atom stereocenters. The molecule has 9 heteroatoms. The predicted octanol–water partition coefficient (Wildman–Crippen LogP) is 4.13. The molecule has 0 bridgehead atoms. The van der Waals surface area contributed by atoms with Crippen LogP contribution in [0.4, 0.5) is 10.5 Å². The second-order valence-electron chi connectivity index (χ2n) is 7.42. The van der Waals surface area contributed by atoms with E-state index in [1.807, 2.05) is 37.3 Å². The number of hydrogen-bond acceptors (Lipinski definition) is 7. The zero-order chi connectivity index (χ0) is 24.0. The van der Waals surface area contributed by atoms with Crippen LogP contribution < -0.4 is 14.8 Å². The van der Waals surface area contributed by atoms with Gasteiger partial charge in [0.1, 0.15) is 0 Å². The van der Waals surface area contributed by atoms with E-state index in [4.69, 9.17) is 14.6 Å². The van der Waals surface area contributed by atoms with Crippen molar-refractivity contribution in [3.05, 3.63) is 53.6 Å². The molecule has 8 nitrogen and oxygen atoms in total. The molecular weight excluding hydrogens is 442 g/mol. The lowest BCUT2D eigenvalue weighted by Crippen LogP contribution is -2.36. The van der Waals surface area contributed by atoms with E-state index in [2.05, 4.69) is 5.32 Å². The molecule has 0 spiro atoms. The third kappa shape index (κ3) is 5.92. The van der Waals surface area contributed by atoms with E-state index in [0.29, 0.717) is 30.2 Å². The number of hydrogen-bond donors (Lipinski definition) is 1. The lowest BCUT2D eigenvalue weighted by molar-refractivity contribution is -0.133. The number of ether oxygens (including phenoxy) is 2. The maximum atomic E-state index is 12.7. The van der Waals surface area contributed by atoms with Gasteiger partial charge in [0.05, 0.1) is 25.2 Å². The summed E-state index contributed by atoms with van der Waals surface area (Å²) < 4.78 is 10.7. The Morgan fingerprint density at radius 1 is 1.09 bits per heavy atom. The molecule has 0 saturated heterocycles. The minimum absolute atomic E-state index is 0.0454. The highest BCUT2D eigenvalue weighted by atomic mass is 32.2. The van der Waals surface area contributed by atoms with Crippen molar-refractivity contribution in [1.29, 1.82) is 0 Å². The third-order valence-electron chi connectivity index (χ3n) is 5.18. The fraction of sp³-hybridized carbons (Fsp3) is 0.333. The summed E-state index contributed by atoms with van der Waals surface area (Å²) in [5, 5.41) is 8.60. The van der Waals surface area contributed by atoms with Gasteiger partial charge in [-0.25, -0.2) is 5.01 Å². The number of benzene rings is 2. The quantitative estimate of drug-likeness (QED) is 0.555. The van der Waals surface area contributed by atoms with Gasteiger partial charge in [-0.15, -0.1) is 0 Å². The number of Topliss-reactive ketones (excluding diaryl/α,β-unsaturated/α-hetero) is 1. The molecule has 0 fully saturated rings.